The van der Waals surface area contributed by atoms with Crippen molar-refractivity contribution < 1.29 is 24.2 Å². The van der Waals surface area contributed by atoms with Crippen LogP contribution in [0.4, 0.5) is 0 Å². The number of hydrogen-bond donors (Lipinski definition) is 1. The van der Waals surface area contributed by atoms with Crippen molar-refractivity contribution in [1.29, 1.82) is 0 Å². The molecular formula is C19H19NO5. The van der Waals surface area contributed by atoms with Gasteiger partial charge in [0.25, 0.3) is 11.8 Å². The Morgan fingerprint density at radius 1 is 1.24 bits per heavy atom. The summed E-state index contributed by atoms with van der Waals surface area (Å²) in [6, 6.07) is 4.65. The molecule has 0 saturated heterocycles. The number of amides is 2. The van der Waals surface area contributed by atoms with Gasteiger partial charge in [-0.3, -0.25) is 14.5 Å². The van der Waals surface area contributed by atoms with Crippen molar-refractivity contribution in [2.75, 3.05) is 7.11 Å². The Kier molecular flexibility index (Phi) is 4.86. The molecule has 6 nitrogen and oxygen atoms in total. The van der Waals surface area contributed by atoms with E-state index in [2.05, 4.69) is 16.6 Å². The summed E-state index contributed by atoms with van der Waals surface area (Å²) in [5.41, 5.74) is 0.710. The second kappa shape index (κ2) is 7.08. The number of aliphatic hydroxyl groups excluding tert-OH is 1. The first-order valence-electron chi connectivity index (χ1n) is 8.33. The molecule has 2 aliphatic rings. The van der Waals surface area contributed by atoms with E-state index in [-0.39, 0.29) is 34.5 Å². The minimum Gasteiger partial charge on any atom is -0.459 e. The van der Waals surface area contributed by atoms with Gasteiger partial charge in [0.2, 0.25) is 0 Å². The zero-order valence-corrected chi connectivity index (χ0v) is 13.9. The molecule has 1 saturated carbocycles. The number of rotatable bonds is 2. The van der Waals surface area contributed by atoms with Crippen molar-refractivity contribution in [2.24, 2.45) is 0 Å². The molecule has 3 rings (SSSR count). The van der Waals surface area contributed by atoms with Crippen LogP contribution in [0.2, 0.25) is 0 Å². The first-order chi connectivity index (χ1) is 12.0. The molecule has 1 aromatic rings. The van der Waals surface area contributed by atoms with Gasteiger partial charge >= 0.3 is 5.97 Å². The Hall–Kier alpha value is -2.65. The zero-order chi connectivity index (χ0) is 18.0. The Morgan fingerprint density at radius 2 is 1.96 bits per heavy atom. The molecule has 130 valence electrons. The van der Waals surface area contributed by atoms with Crippen LogP contribution in [0.3, 0.4) is 0 Å². The number of aliphatic hydroxyl groups is 1. The molecule has 25 heavy (non-hydrogen) atoms. The van der Waals surface area contributed by atoms with Crippen molar-refractivity contribution in [1.82, 2.24) is 4.90 Å². The largest absolute Gasteiger partial charge is 0.459 e. The van der Waals surface area contributed by atoms with Gasteiger partial charge in [-0.15, -0.1) is 0 Å². The van der Waals surface area contributed by atoms with Gasteiger partial charge < -0.3 is 9.84 Å². The van der Waals surface area contributed by atoms with E-state index in [0.717, 1.165) is 32.1 Å². The lowest BCUT2D eigenvalue weighted by Crippen LogP contribution is -2.41. The minimum absolute atomic E-state index is 0.0905. The molecule has 0 spiro atoms. The zero-order valence-electron chi connectivity index (χ0n) is 13.9. The summed E-state index contributed by atoms with van der Waals surface area (Å²) in [6.45, 7) is 0. The summed E-state index contributed by atoms with van der Waals surface area (Å²) in [6.07, 6.45) is 3.39. The van der Waals surface area contributed by atoms with Gasteiger partial charge in [0.05, 0.1) is 18.2 Å². The topological polar surface area (TPSA) is 83.9 Å². The summed E-state index contributed by atoms with van der Waals surface area (Å²) >= 11 is 0. The lowest BCUT2D eigenvalue weighted by Gasteiger charge is -2.29. The van der Waals surface area contributed by atoms with Crippen LogP contribution in [0.15, 0.2) is 18.2 Å². The Bertz CT molecular complexity index is 783. The van der Waals surface area contributed by atoms with Gasteiger partial charge in [0.1, 0.15) is 6.10 Å². The van der Waals surface area contributed by atoms with E-state index in [1.165, 1.54) is 12.0 Å². The summed E-state index contributed by atoms with van der Waals surface area (Å²) in [5, 5.41) is 10.3. The van der Waals surface area contributed by atoms with Crippen LogP contribution >= 0.6 is 0 Å². The summed E-state index contributed by atoms with van der Waals surface area (Å²) in [4.78, 5) is 38.0. The monoisotopic (exact) mass is 341 g/mol. The maximum absolute atomic E-state index is 12.9. The van der Waals surface area contributed by atoms with Gasteiger partial charge in [-0.05, 0) is 18.9 Å². The lowest BCUT2D eigenvalue weighted by molar-refractivity contribution is -0.133. The average Bonchev–Trinajstić information content (AvgIpc) is 2.91. The quantitative estimate of drug-likeness (QED) is 0.384. The van der Waals surface area contributed by atoms with Gasteiger partial charge in [-0.25, -0.2) is 4.79 Å². The van der Waals surface area contributed by atoms with Crippen LogP contribution < -0.4 is 0 Å². The number of fused-ring (bicyclic) bond motifs is 1. The molecule has 0 radical (unpaired) electrons. The van der Waals surface area contributed by atoms with Crippen LogP contribution in [0.1, 0.15) is 64.5 Å². The number of nitrogens with zero attached hydrogens (tertiary/aromatic N) is 1. The molecule has 0 aromatic heterocycles. The fourth-order valence-corrected chi connectivity index (χ4v) is 3.48. The molecule has 2 amide bonds. The number of carbonyl (C=O) groups excluding carboxylic acids is 3. The van der Waals surface area contributed by atoms with Crippen LogP contribution in [-0.4, -0.2) is 40.9 Å². The number of benzene rings is 1. The fourth-order valence-electron chi connectivity index (χ4n) is 3.48. The van der Waals surface area contributed by atoms with E-state index < -0.39 is 12.1 Å². The molecule has 1 N–H and O–H groups in total. The third kappa shape index (κ3) is 3.15. The third-order valence-corrected chi connectivity index (χ3v) is 4.71. The SMILES string of the molecule is COC(=O)C#CC(O)c1cccc2c1C(=O)N(C1CCCCC1)C2=O. The number of ether oxygens (including phenoxy) is 1. The molecule has 1 heterocycles. The molecule has 1 atom stereocenters. The lowest BCUT2D eigenvalue weighted by atomic mass is 9.94. The van der Waals surface area contributed by atoms with E-state index >= 15 is 0 Å². The second-order valence-electron chi connectivity index (χ2n) is 6.21. The van der Waals surface area contributed by atoms with Crippen LogP contribution in [0.25, 0.3) is 0 Å². The number of methoxy groups -OCH3 is 1. The number of hydrogen-bond acceptors (Lipinski definition) is 5. The van der Waals surface area contributed by atoms with Crippen molar-refractivity contribution in [3.8, 4) is 11.8 Å². The summed E-state index contributed by atoms with van der Waals surface area (Å²) in [5.74, 6) is 3.02. The maximum Gasteiger partial charge on any atom is 0.384 e. The molecule has 1 unspecified atom stereocenters. The smallest absolute Gasteiger partial charge is 0.384 e. The van der Waals surface area contributed by atoms with Crippen LogP contribution in [0, 0.1) is 11.8 Å². The first kappa shape index (κ1) is 17.2. The maximum atomic E-state index is 12.9. The Labute approximate surface area is 145 Å². The third-order valence-electron chi connectivity index (χ3n) is 4.71. The average molecular weight is 341 g/mol. The number of carbonyl (C=O) groups is 3. The van der Waals surface area contributed by atoms with Gasteiger partial charge in [0.15, 0.2) is 0 Å². The number of esters is 1. The predicted octanol–water partition coefficient (Wildman–Crippen LogP) is 1.83. The molecule has 0 bridgehead atoms. The van der Waals surface area contributed by atoms with Crippen molar-refractivity contribution in [2.45, 2.75) is 44.2 Å². The number of imide groups is 1. The highest BCUT2D eigenvalue weighted by Crippen LogP contribution is 2.34. The highest BCUT2D eigenvalue weighted by atomic mass is 16.5. The van der Waals surface area contributed by atoms with Gasteiger partial charge in [0, 0.05) is 17.5 Å². The molecular weight excluding hydrogens is 322 g/mol. The van der Waals surface area contributed by atoms with E-state index in [4.69, 9.17) is 0 Å². The summed E-state index contributed by atoms with van der Waals surface area (Å²) in [7, 11) is 1.19. The highest BCUT2D eigenvalue weighted by Gasteiger charge is 2.42. The van der Waals surface area contributed by atoms with Gasteiger partial charge in [-0.2, -0.15) is 0 Å². The van der Waals surface area contributed by atoms with Gasteiger partial charge in [-0.1, -0.05) is 37.3 Å². The van der Waals surface area contributed by atoms with E-state index in [9.17, 15) is 19.5 Å². The Balaban J connectivity index is 1.95. The molecule has 1 aromatic carbocycles. The van der Waals surface area contributed by atoms with Crippen molar-refractivity contribution in [3.05, 3.63) is 34.9 Å². The van der Waals surface area contributed by atoms with Crippen molar-refractivity contribution >= 4 is 17.8 Å². The standard InChI is InChI=1S/C19H19NO5/c1-25-16(22)11-10-15(21)13-8-5-9-14-17(13)19(24)20(18(14)23)12-6-3-2-4-7-12/h5,8-9,12,15,21H,2-4,6-7H2,1H3. The van der Waals surface area contributed by atoms with Crippen LogP contribution in [-0.2, 0) is 9.53 Å². The molecule has 1 aliphatic heterocycles. The molecule has 6 heteroatoms. The first-order valence-corrected chi connectivity index (χ1v) is 8.33. The van der Waals surface area contributed by atoms with E-state index in [0.29, 0.717) is 0 Å². The Morgan fingerprint density at radius 3 is 2.64 bits per heavy atom. The van der Waals surface area contributed by atoms with E-state index in [1.54, 1.807) is 18.2 Å². The second-order valence-corrected chi connectivity index (χ2v) is 6.21. The summed E-state index contributed by atoms with van der Waals surface area (Å²) < 4.78 is 4.41. The predicted molar refractivity (Wildman–Crippen MR) is 88.6 cm³/mol. The minimum atomic E-state index is -1.35. The normalized spacial score (nSPS) is 18.4. The molecule has 1 fully saturated rings. The highest BCUT2D eigenvalue weighted by molar-refractivity contribution is 6.22. The molecule has 1 aliphatic carbocycles. The van der Waals surface area contributed by atoms with Crippen LogP contribution in [0.5, 0.6) is 0 Å². The van der Waals surface area contributed by atoms with Crippen molar-refractivity contribution in [3.63, 3.8) is 0 Å². The fraction of sp³-hybridized carbons (Fsp3) is 0.421. The van der Waals surface area contributed by atoms with E-state index in [1.807, 2.05) is 0 Å².